The smallest absolute Gasteiger partial charge is 0.387 e. The van der Waals surface area contributed by atoms with Gasteiger partial charge in [-0.2, -0.15) is 0 Å². The highest BCUT2D eigenvalue weighted by Gasteiger charge is 2.27. The number of nitrogens with one attached hydrogen (secondary N) is 1. The quantitative estimate of drug-likeness (QED) is 0.0262. The molecule has 0 saturated heterocycles. The Kier molecular flexibility index (Phi) is 32.9. The standard InChI is InChI=1S/C43H75N2O6P/c1-6-8-10-12-14-16-18-20-22-24-26-28-30-32-34-36-42(46)41(40-51-52(48,49)50-39-38-45(3,4)5)44-43(47)37-35-33-31-29-27-25-23-21-19-17-15-13-11-9-7-2/h9,11,15,17-18,20-21,23,26-29,34,36,41-42,46H,6-8,10,12-14,16,19,22,24-25,30-33,35,37-40H2,1-5H3,(H-,44,47,48,49)/p+1/b11-9-,17-15-,20-18+,23-21-,28-26+,29-27-,36-34+. The number of phosphoric acid groups is 1. The Morgan fingerprint density at radius 2 is 1.17 bits per heavy atom. The lowest BCUT2D eigenvalue weighted by Crippen LogP contribution is -2.45. The summed E-state index contributed by atoms with van der Waals surface area (Å²) in [6.07, 6.45) is 46.6. The van der Waals surface area contributed by atoms with Crippen LogP contribution >= 0.6 is 7.82 Å². The number of phosphoric ester groups is 1. The van der Waals surface area contributed by atoms with Crippen LogP contribution in [0.3, 0.4) is 0 Å². The molecule has 0 rings (SSSR count). The number of unbranched alkanes of at least 4 members (excludes halogenated alkanes) is 9. The van der Waals surface area contributed by atoms with Crippen molar-refractivity contribution in [3.05, 3.63) is 85.1 Å². The molecule has 3 unspecified atom stereocenters. The van der Waals surface area contributed by atoms with Crippen LogP contribution in [0.1, 0.15) is 129 Å². The summed E-state index contributed by atoms with van der Waals surface area (Å²) in [5.41, 5.74) is 0. The molecular weight excluding hydrogens is 671 g/mol. The van der Waals surface area contributed by atoms with Crippen molar-refractivity contribution in [3.63, 3.8) is 0 Å². The Hall–Kier alpha value is -2.32. The molecule has 0 radical (unpaired) electrons. The fraction of sp³-hybridized carbons (Fsp3) is 0.651. The van der Waals surface area contributed by atoms with Crippen molar-refractivity contribution in [1.82, 2.24) is 5.32 Å². The maximum atomic E-state index is 12.8. The van der Waals surface area contributed by atoms with E-state index in [1.54, 1.807) is 6.08 Å². The molecule has 3 N–H and O–H groups in total. The number of hydrogen-bond donors (Lipinski definition) is 3. The minimum atomic E-state index is -4.36. The zero-order valence-electron chi connectivity index (χ0n) is 33.5. The number of quaternary nitrogens is 1. The molecule has 0 bridgehead atoms. The van der Waals surface area contributed by atoms with Crippen molar-refractivity contribution in [2.24, 2.45) is 0 Å². The van der Waals surface area contributed by atoms with Crippen LogP contribution in [-0.2, 0) is 18.4 Å². The number of aliphatic hydroxyl groups is 1. The SMILES string of the molecule is CC/C=C\C/C=C\C/C=C\C/C=C\CCCCC(=O)NC(COP(=O)(O)OCC[N+](C)(C)C)C(O)/C=C/CC/C=C/CC/C=C/CCCCCCC. The van der Waals surface area contributed by atoms with E-state index in [4.69, 9.17) is 9.05 Å². The summed E-state index contributed by atoms with van der Waals surface area (Å²) >= 11 is 0. The fourth-order valence-electron chi connectivity index (χ4n) is 4.88. The van der Waals surface area contributed by atoms with Crippen molar-refractivity contribution in [3.8, 4) is 0 Å². The van der Waals surface area contributed by atoms with Gasteiger partial charge >= 0.3 is 7.82 Å². The van der Waals surface area contributed by atoms with Gasteiger partial charge in [0.2, 0.25) is 5.91 Å². The largest absolute Gasteiger partial charge is 0.472 e. The Morgan fingerprint density at radius 1 is 0.673 bits per heavy atom. The molecule has 0 aliphatic rings. The highest BCUT2D eigenvalue weighted by Crippen LogP contribution is 2.43. The lowest BCUT2D eigenvalue weighted by Gasteiger charge is -2.25. The van der Waals surface area contributed by atoms with Crippen molar-refractivity contribution < 1.29 is 32.9 Å². The zero-order chi connectivity index (χ0) is 38.6. The van der Waals surface area contributed by atoms with Crippen molar-refractivity contribution in [2.45, 2.75) is 142 Å². The zero-order valence-corrected chi connectivity index (χ0v) is 34.4. The Labute approximate surface area is 318 Å². The second-order valence-corrected chi connectivity index (χ2v) is 15.7. The molecule has 0 aromatic rings. The molecule has 1 amide bonds. The minimum Gasteiger partial charge on any atom is -0.387 e. The van der Waals surface area contributed by atoms with Gasteiger partial charge in [0.1, 0.15) is 13.2 Å². The number of nitrogens with zero attached hydrogens (tertiary/aromatic N) is 1. The summed E-state index contributed by atoms with van der Waals surface area (Å²) in [6, 6.07) is -0.894. The lowest BCUT2D eigenvalue weighted by atomic mass is 10.1. The molecule has 0 aliphatic heterocycles. The van der Waals surface area contributed by atoms with E-state index in [-0.39, 0.29) is 25.5 Å². The van der Waals surface area contributed by atoms with Gasteiger partial charge in [0.15, 0.2) is 0 Å². The number of allylic oxidation sites excluding steroid dienone is 13. The first-order valence-electron chi connectivity index (χ1n) is 20.0. The molecule has 52 heavy (non-hydrogen) atoms. The third kappa shape index (κ3) is 36.1. The third-order valence-corrected chi connectivity index (χ3v) is 9.06. The molecule has 0 spiro atoms. The summed E-state index contributed by atoms with van der Waals surface area (Å²) in [4.78, 5) is 23.0. The second kappa shape index (κ2) is 34.4. The molecule has 0 aliphatic carbocycles. The highest BCUT2D eigenvalue weighted by atomic mass is 31.2. The molecule has 9 heteroatoms. The Balaban J connectivity index is 4.70. The summed E-state index contributed by atoms with van der Waals surface area (Å²) in [5, 5.41) is 13.7. The number of likely N-dealkylation sites (N-methyl/N-ethyl adjacent to an activating group) is 1. The van der Waals surface area contributed by atoms with Gasteiger partial charge in [-0.1, -0.05) is 125 Å². The average Bonchev–Trinajstić information content (AvgIpc) is 3.09. The normalized spacial score (nSPS) is 15.4. The molecule has 0 aromatic heterocycles. The third-order valence-electron chi connectivity index (χ3n) is 8.08. The van der Waals surface area contributed by atoms with Crippen LogP contribution in [-0.4, -0.2) is 73.4 Å². The van der Waals surface area contributed by atoms with Gasteiger partial charge in [-0.3, -0.25) is 13.8 Å². The number of amides is 1. The van der Waals surface area contributed by atoms with E-state index in [0.29, 0.717) is 17.4 Å². The molecule has 0 heterocycles. The second-order valence-electron chi connectivity index (χ2n) is 14.3. The van der Waals surface area contributed by atoms with E-state index in [0.717, 1.165) is 64.2 Å². The molecule has 0 aromatic carbocycles. The Morgan fingerprint density at radius 3 is 1.75 bits per heavy atom. The van der Waals surface area contributed by atoms with Crippen molar-refractivity contribution in [1.29, 1.82) is 0 Å². The van der Waals surface area contributed by atoms with Crippen molar-refractivity contribution in [2.75, 3.05) is 40.9 Å². The van der Waals surface area contributed by atoms with E-state index in [1.807, 2.05) is 27.2 Å². The van der Waals surface area contributed by atoms with Gasteiger partial charge in [0, 0.05) is 6.42 Å². The maximum Gasteiger partial charge on any atom is 0.472 e. The Bertz CT molecular complexity index is 1120. The van der Waals surface area contributed by atoms with E-state index in [9.17, 15) is 19.4 Å². The lowest BCUT2D eigenvalue weighted by molar-refractivity contribution is -0.870. The molecular formula is C43H76N2O6P+. The van der Waals surface area contributed by atoms with Crippen LogP contribution in [0.5, 0.6) is 0 Å². The molecule has 298 valence electrons. The molecule has 3 atom stereocenters. The van der Waals surface area contributed by atoms with Gasteiger partial charge < -0.3 is 19.8 Å². The molecule has 0 fully saturated rings. The first-order valence-corrected chi connectivity index (χ1v) is 21.5. The van der Waals surface area contributed by atoms with E-state index in [2.05, 4.69) is 92.1 Å². The fourth-order valence-corrected chi connectivity index (χ4v) is 5.62. The van der Waals surface area contributed by atoms with Gasteiger partial charge in [0.25, 0.3) is 0 Å². The number of hydrogen-bond acceptors (Lipinski definition) is 5. The average molecular weight is 748 g/mol. The van der Waals surface area contributed by atoms with Crippen LogP contribution < -0.4 is 5.32 Å². The van der Waals surface area contributed by atoms with Crippen LogP contribution in [0.2, 0.25) is 0 Å². The number of rotatable bonds is 34. The number of carbonyl (C=O) groups is 1. The summed E-state index contributed by atoms with van der Waals surface area (Å²) in [5.74, 6) is -0.238. The summed E-state index contributed by atoms with van der Waals surface area (Å²) < 4.78 is 23.4. The van der Waals surface area contributed by atoms with Crippen LogP contribution in [0.15, 0.2) is 85.1 Å². The van der Waals surface area contributed by atoms with Gasteiger partial charge in [-0.15, -0.1) is 0 Å². The van der Waals surface area contributed by atoms with Gasteiger partial charge in [-0.05, 0) is 83.5 Å². The van der Waals surface area contributed by atoms with Crippen molar-refractivity contribution >= 4 is 13.7 Å². The highest BCUT2D eigenvalue weighted by molar-refractivity contribution is 7.47. The summed E-state index contributed by atoms with van der Waals surface area (Å²) in [7, 11) is 1.50. The van der Waals surface area contributed by atoms with Crippen LogP contribution in [0.4, 0.5) is 0 Å². The predicted molar refractivity (Wildman–Crippen MR) is 221 cm³/mol. The van der Waals surface area contributed by atoms with E-state index < -0.39 is 20.0 Å². The molecule has 8 nitrogen and oxygen atoms in total. The van der Waals surface area contributed by atoms with Gasteiger partial charge in [0.05, 0.1) is 39.9 Å². The molecule has 0 saturated carbocycles. The van der Waals surface area contributed by atoms with E-state index in [1.165, 1.54) is 38.5 Å². The van der Waals surface area contributed by atoms with E-state index >= 15 is 0 Å². The van der Waals surface area contributed by atoms with Crippen LogP contribution in [0, 0.1) is 0 Å². The first-order chi connectivity index (χ1) is 25.0. The maximum absolute atomic E-state index is 12.8. The van der Waals surface area contributed by atoms with Crippen LogP contribution in [0.25, 0.3) is 0 Å². The van der Waals surface area contributed by atoms with Gasteiger partial charge in [-0.25, -0.2) is 4.57 Å². The monoisotopic (exact) mass is 748 g/mol. The number of carbonyl (C=O) groups excluding carboxylic acids is 1. The number of aliphatic hydroxyl groups excluding tert-OH is 1. The topological polar surface area (TPSA) is 105 Å². The predicted octanol–water partition coefficient (Wildman–Crippen LogP) is 10.6. The summed E-state index contributed by atoms with van der Waals surface area (Å²) in [6.45, 7) is 4.58. The minimum absolute atomic E-state index is 0.0406. The first kappa shape index (κ1) is 49.7.